The molecular formula is C12H18N2O. The van der Waals surface area contributed by atoms with Gasteiger partial charge in [-0.2, -0.15) is 0 Å². The first-order valence-electron chi connectivity index (χ1n) is 5.66. The van der Waals surface area contributed by atoms with E-state index in [0.29, 0.717) is 12.7 Å². The van der Waals surface area contributed by atoms with Crippen molar-refractivity contribution in [1.82, 2.24) is 4.98 Å². The summed E-state index contributed by atoms with van der Waals surface area (Å²) in [5.74, 6) is 0. The van der Waals surface area contributed by atoms with Gasteiger partial charge in [0.1, 0.15) is 0 Å². The van der Waals surface area contributed by atoms with Crippen LogP contribution in [-0.4, -0.2) is 11.1 Å². The first-order valence-corrected chi connectivity index (χ1v) is 5.66. The number of nitrogens with zero attached hydrogens (tertiary/aromatic N) is 1. The molecule has 0 radical (unpaired) electrons. The van der Waals surface area contributed by atoms with Crippen molar-refractivity contribution in [3.8, 4) is 0 Å². The molecule has 1 heterocycles. The largest absolute Gasteiger partial charge is 0.399 e. The van der Waals surface area contributed by atoms with Crippen molar-refractivity contribution >= 4 is 5.69 Å². The monoisotopic (exact) mass is 206 g/mol. The van der Waals surface area contributed by atoms with Gasteiger partial charge in [0.05, 0.1) is 18.4 Å². The number of nitrogens with two attached hydrogens (primary N) is 1. The van der Waals surface area contributed by atoms with Gasteiger partial charge in [-0.05, 0) is 25.0 Å². The highest BCUT2D eigenvalue weighted by molar-refractivity contribution is 5.36. The predicted octanol–water partition coefficient (Wildman–Crippen LogP) is 2.51. The summed E-state index contributed by atoms with van der Waals surface area (Å²) in [4.78, 5) is 4.22. The highest BCUT2D eigenvalue weighted by atomic mass is 16.5. The highest BCUT2D eigenvalue weighted by Gasteiger charge is 2.13. The van der Waals surface area contributed by atoms with Crippen molar-refractivity contribution in [2.45, 2.75) is 44.8 Å². The van der Waals surface area contributed by atoms with Crippen LogP contribution >= 0.6 is 0 Å². The number of ether oxygens (including phenoxy) is 1. The lowest BCUT2D eigenvalue weighted by atomic mass is 9.98. The molecule has 3 nitrogen and oxygen atoms in total. The van der Waals surface area contributed by atoms with Crippen LogP contribution in [-0.2, 0) is 11.3 Å². The molecule has 2 rings (SSSR count). The summed E-state index contributed by atoms with van der Waals surface area (Å²) in [5, 5.41) is 0. The Kier molecular flexibility index (Phi) is 3.56. The molecule has 2 N–H and O–H groups in total. The first-order chi connectivity index (χ1) is 7.34. The topological polar surface area (TPSA) is 48.1 Å². The molecule has 1 aromatic heterocycles. The van der Waals surface area contributed by atoms with Gasteiger partial charge in [0.2, 0.25) is 0 Å². The van der Waals surface area contributed by atoms with E-state index in [9.17, 15) is 0 Å². The van der Waals surface area contributed by atoms with Crippen LogP contribution in [0, 0.1) is 0 Å². The zero-order valence-corrected chi connectivity index (χ0v) is 8.98. The third kappa shape index (κ3) is 3.20. The fraction of sp³-hybridized carbons (Fsp3) is 0.583. The standard InChI is InChI=1S/C12H18N2O/c13-10-6-7-14-11(8-10)9-15-12-4-2-1-3-5-12/h6-8,12H,1-5,9H2,(H2,13,14). The molecule has 1 saturated carbocycles. The Morgan fingerprint density at radius 2 is 2.13 bits per heavy atom. The molecule has 0 spiro atoms. The minimum Gasteiger partial charge on any atom is -0.399 e. The van der Waals surface area contributed by atoms with E-state index in [1.165, 1.54) is 32.1 Å². The average molecular weight is 206 g/mol. The second-order valence-electron chi connectivity index (χ2n) is 4.15. The van der Waals surface area contributed by atoms with Crippen LogP contribution in [0.3, 0.4) is 0 Å². The Morgan fingerprint density at radius 3 is 2.87 bits per heavy atom. The van der Waals surface area contributed by atoms with Crippen molar-refractivity contribution < 1.29 is 4.74 Å². The lowest BCUT2D eigenvalue weighted by molar-refractivity contribution is 0.0153. The van der Waals surface area contributed by atoms with E-state index in [4.69, 9.17) is 10.5 Å². The Bertz CT molecular complexity index is 308. The Morgan fingerprint density at radius 1 is 1.33 bits per heavy atom. The normalized spacial score (nSPS) is 17.9. The van der Waals surface area contributed by atoms with Crippen molar-refractivity contribution in [3.63, 3.8) is 0 Å². The van der Waals surface area contributed by atoms with Crippen LogP contribution in [0.15, 0.2) is 18.3 Å². The van der Waals surface area contributed by atoms with Crippen LogP contribution in [0.5, 0.6) is 0 Å². The lowest BCUT2D eigenvalue weighted by Gasteiger charge is -2.21. The van der Waals surface area contributed by atoms with E-state index in [1.807, 2.05) is 6.07 Å². The second-order valence-corrected chi connectivity index (χ2v) is 4.15. The molecule has 82 valence electrons. The minimum absolute atomic E-state index is 0.432. The van der Waals surface area contributed by atoms with Gasteiger partial charge in [0.25, 0.3) is 0 Å². The van der Waals surface area contributed by atoms with E-state index >= 15 is 0 Å². The third-order valence-corrected chi connectivity index (χ3v) is 2.86. The number of hydrogen-bond donors (Lipinski definition) is 1. The quantitative estimate of drug-likeness (QED) is 0.826. The van der Waals surface area contributed by atoms with Crippen LogP contribution in [0.4, 0.5) is 5.69 Å². The van der Waals surface area contributed by atoms with E-state index in [-0.39, 0.29) is 0 Å². The zero-order chi connectivity index (χ0) is 10.5. The van der Waals surface area contributed by atoms with Crippen molar-refractivity contribution in [1.29, 1.82) is 0 Å². The molecule has 0 saturated heterocycles. The smallest absolute Gasteiger partial charge is 0.0892 e. The van der Waals surface area contributed by atoms with Crippen molar-refractivity contribution in [2.24, 2.45) is 0 Å². The number of rotatable bonds is 3. The Balaban J connectivity index is 1.81. The number of hydrogen-bond acceptors (Lipinski definition) is 3. The summed E-state index contributed by atoms with van der Waals surface area (Å²) in [7, 11) is 0. The highest BCUT2D eigenvalue weighted by Crippen LogP contribution is 2.21. The lowest BCUT2D eigenvalue weighted by Crippen LogP contribution is -2.16. The molecule has 15 heavy (non-hydrogen) atoms. The van der Waals surface area contributed by atoms with Gasteiger partial charge in [-0.3, -0.25) is 4.98 Å². The SMILES string of the molecule is Nc1ccnc(COC2CCCCC2)c1. The van der Waals surface area contributed by atoms with E-state index < -0.39 is 0 Å². The van der Waals surface area contributed by atoms with E-state index in [2.05, 4.69) is 4.98 Å². The van der Waals surface area contributed by atoms with Crippen LogP contribution in [0.25, 0.3) is 0 Å². The van der Waals surface area contributed by atoms with E-state index in [1.54, 1.807) is 12.3 Å². The fourth-order valence-corrected chi connectivity index (χ4v) is 2.01. The number of anilines is 1. The summed E-state index contributed by atoms with van der Waals surface area (Å²) in [6.45, 7) is 0.593. The summed E-state index contributed by atoms with van der Waals surface area (Å²) in [5.41, 5.74) is 7.36. The van der Waals surface area contributed by atoms with Gasteiger partial charge < -0.3 is 10.5 Å². The predicted molar refractivity (Wildman–Crippen MR) is 60.3 cm³/mol. The summed E-state index contributed by atoms with van der Waals surface area (Å²) < 4.78 is 5.81. The molecule has 0 atom stereocenters. The molecular weight excluding hydrogens is 188 g/mol. The van der Waals surface area contributed by atoms with Crippen LogP contribution in [0.1, 0.15) is 37.8 Å². The molecule has 1 aliphatic rings. The van der Waals surface area contributed by atoms with Gasteiger partial charge >= 0.3 is 0 Å². The van der Waals surface area contributed by atoms with Crippen molar-refractivity contribution in [3.05, 3.63) is 24.0 Å². The molecule has 1 aromatic rings. The zero-order valence-electron chi connectivity index (χ0n) is 8.98. The van der Waals surface area contributed by atoms with E-state index in [0.717, 1.165) is 11.4 Å². The number of nitrogen functional groups attached to an aromatic ring is 1. The maximum absolute atomic E-state index is 5.81. The van der Waals surface area contributed by atoms with Gasteiger partial charge in [0.15, 0.2) is 0 Å². The molecule has 1 aliphatic carbocycles. The Hall–Kier alpha value is -1.09. The summed E-state index contributed by atoms with van der Waals surface area (Å²) in [6, 6.07) is 3.67. The molecule has 3 heteroatoms. The van der Waals surface area contributed by atoms with Gasteiger partial charge in [-0.1, -0.05) is 19.3 Å². The molecule has 0 unspecified atom stereocenters. The summed E-state index contributed by atoms with van der Waals surface area (Å²) >= 11 is 0. The molecule has 0 aromatic carbocycles. The van der Waals surface area contributed by atoms with Gasteiger partial charge in [-0.25, -0.2) is 0 Å². The fourth-order valence-electron chi connectivity index (χ4n) is 2.01. The second kappa shape index (κ2) is 5.12. The molecule has 0 aliphatic heterocycles. The molecule has 0 amide bonds. The summed E-state index contributed by atoms with van der Waals surface area (Å²) in [6.07, 6.45) is 8.52. The average Bonchev–Trinajstić information content (AvgIpc) is 2.28. The first kappa shape index (κ1) is 10.4. The van der Waals surface area contributed by atoms with Crippen molar-refractivity contribution in [2.75, 3.05) is 5.73 Å². The molecule has 1 fully saturated rings. The molecule has 0 bridgehead atoms. The maximum Gasteiger partial charge on any atom is 0.0892 e. The third-order valence-electron chi connectivity index (χ3n) is 2.86. The van der Waals surface area contributed by atoms with Crippen LogP contribution in [0.2, 0.25) is 0 Å². The number of pyridine rings is 1. The minimum atomic E-state index is 0.432. The van der Waals surface area contributed by atoms with Gasteiger partial charge in [0, 0.05) is 11.9 Å². The van der Waals surface area contributed by atoms with Gasteiger partial charge in [-0.15, -0.1) is 0 Å². The van der Waals surface area contributed by atoms with Crippen LogP contribution < -0.4 is 5.73 Å². The Labute approximate surface area is 90.7 Å². The number of aromatic nitrogens is 1. The maximum atomic E-state index is 5.81.